The SMILES string of the molecule is O=C(NCCC(=O)N1CCCC1)c1cc2c(s1)CCCCCC2. The Bertz CT molecular complexity index is 536. The fraction of sp³-hybridized carbons (Fsp3) is 0.667. The van der Waals surface area contributed by atoms with Gasteiger partial charge in [-0.2, -0.15) is 0 Å². The number of likely N-dealkylation sites (tertiary alicyclic amines) is 1. The van der Waals surface area contributed by atoms with Crippen molar-refractivity contribution in [3.8, 4) is 0 Å². The monoisotopic (exact) mass is 334 g/mol. The number of thiophene rings is 1. The summed E-state index contributed by atoms with van der Waals surface area (Å²) in [4.78, 5) is 28.4. The van der Waals surface area contributed by atoms with Crippen LogP contribution in [0.25, 0.3) is 0 Å². The Labute approximate surface area is 142 Å². The van der Waals surface area contributed by atoms with Crippen LogP contribution in [0.2, 0.25) is 0 Å². The normalized spacial score (nSPS) is 18.2. The lowest BCUT2D eigenvalue weighted by Crippen LogP contribution is -2.32. The molecule has 1 aliphatic carbocycles. The number of nitrogens with zero attached hydrogens (tertiary/aromatic N) is 1. The second-order valence-electron chi connectivity index (χ2n) is 6.57. The number of rotatable bonds is 4. The zero-order valence-corrected chi connectivity index (χ0v) is 14.6. The van der Waals surface area contributed by atoms with E-state index in [9.17, 15) is 9.59 Å². The van der Waals surface area contributed by atoms with Gasteiger partial charge in [0.2, 0.25) is 5.91 Å². The van der Waals surface area contributed by atoms with Crippen molar-refractivity contribution in [2.75, 3.05) is 19.6 Å². The first kappa shape index (κ1) is 16.5. The smallest absolute Gasteiger partial charge is 0.261 e. The Morgan fingerprint density at radius 3 is 2.57 bits per heavy atom. The second kappa shape index (κ2) is 7.95. The van der Waals surface area contributed by atoms with Gasteiger partial charge in [0.05, 0.1) is 4.88 Å². The quantitative estimate of drug-likeness (QED) is 0.919. The van der Waals surface area contributed by atoms with E-state index in [0.29, 0.717) is 13.0 Å². The van der Waals surface area contributed by atoms with Crippen LogP contribution in [0.5, 0.6) is 0 Å². The maximum Gasteiger partial charge on any atom is 0.261 e. The number of hydrogen-bond donors (Lipinski definition) is 1. The number of hydrogen-bond acceptors (Lipinski definition) is 3. The average Bonchev–Trinajstić information content (AvgIpc) is 3.17. The number of amides is 2. The molecule has 1 aliphatic heterocycles. The van der Waals surface area contributed by atoms with Gasteiger partial charge in [0.25, 0.3) is 5.91 Å². The molecule has 1 N–H and O–H groups in total. The van der Waals surface area contributed by atoms with E-state index in [2.05, 4.69) is 11.4 Å². The predicted molar refractivity (Wildman–Crippen MR) is 93.0 cm³/mol. The third-order valence-electron chi connectivity index (χ3n) is 4.80. The van der Waals surface area contributed by atoms with Gasteiger partial charge in [-0.1, -0.05) is 12.8 Å². The first-order valence-corrected chi connectivity index (χ1v) is 9.73. The highest BCUT2D eigenvalue weighted by Crippen LogP contribution is 2.28. The molecule has 1 aromatic heterocycles. The van der Waals surface area contributed by atoms with Crippen molar-refractivity contribution in [2.45, 2.75) is 57.8 Å². The maximum atomic E-state index is 12.3. The van der Waals surface area contributed by atoms with Gasteiger partial charge < -0.3 is 10.2 Å². The lowest BCUT2D eigenvalue weighted by Gasteiger charge is -2.14. The third-order valence-corrected chi connectivity index (χ3v) is 6.04. The van der Waals surface area contributed by atoms with Crippen molar-refractivity contribution < 1.29 is 9.59 Å². The van der Waals surface area contributed by atoms with E-state index in [1.165, 1.54) is 36.1 Å². The summed E-state index contributed by atoms with van der Waals surface area (Å²) >= 11 is 1.64. The molecule has 2 heterocycles. The van der Waals surface area contributed by atoms with E-state index in [-0.39, 0.29) is 11.8 Å². The van der Waals surface area contributed by atoms with Crippen LogP contribution in [0.4, 0.5) is 0 Å². The minimum absolute atomic E-state index is 0.0176. The molecular weight excluding hydrogens is 308 g/mol. The molecule has 0 bridgehead atoms. The summed E-state index contributed by atoms with van der Waals surface area (Å²) in [6.07, 6.45) is 9.92. The van der Waals surface area contributed by atoms with Gasteiger partial charge in [-0.15, -0.1) is 11.3 Å². The Balaban J connectivity index is 1.50. The van der Waals surface area contributed by atoms with Crippen molar-refractivity contribution in [2.24, 2.45) is 0 Å². The lowest BCUT2D eigenvalue weighted by molar-refractivity contribution is -0.129. The lowest BCUT2D eigenvalue weighted by atomic mass is 10.00. The molecule has 0 atom stereocenters. The average molecular weight is 334 g/mol. The molecule has 5 heteroatoms. The standard InChI is InChI=1S/C18H26N2O2S/c21-17(20-11-5-6-12-20)9-10-19-18(22)16-13-14-7-3-1-2-4-8-15(14)23-16/h13H,1-12H2,(H,19,22). The molecule has 0 aromatic carbocycles. The van der Waals surface area contributed by atoms with Gasteiger partial charge in [-0.3, -0.25) is 9.59 Å². The minimum Gasteiger partial charge on any atom is -0.351 e. The second-order valence-corrected chi connectivity index (χ2v) is 7.70. The number of fused-ring (bicyclic) bond motifs is 1. The van der Waals surface area contributed by atoms with Crippen LogP contribution < -0.4 is 5.32 Å². The van der Waals surface area contributed by atoms with Crippen LogP contribution in [-0.2, 0) is 17.6 Å². The summed E-state index contributed by atoms with van der Waals surface area (Å²) in [6, 6.07) is 2.07. The van der Waals surface area contributed by atoms with Gasteiger partial charge in [0.1, 0.15) is 0 Å². The molecule has 0 spiro atoms. The first-order chi connectivity index (χ1) is 11.2. The van der Waals surface area contributed by atoms with Gasteiger partial charge in [-0.25, -0.2) is 0 Å². The van der Waals surface area contributed by atoms with E-state index in [1.807, 2.05) is 4.90 Å². The van der Waals surface area contributed by atoms with Crippen LogP contribution in [0.1, 0.15) is 65.1 Å². The summed E-state index contributed by atoms with van der Waals surface area (Å²) in [5, 5.41) is 2.92. The Hall–Kier alpha value is -1.36. The number of nitrogens with one attached hydrogen (secondary N) is 1. The molecule has 0 saturated carbocycles. The Morgan fingerprint density at radius 1 is 1.04 bits per heavy atom. The summed E-state index contributed by atoms with van der Waals surface area (Å²) < 4.78 is 0. The molecule has 126 valence electrons. The largest absolute Gasteiger partial charge is 0.351 e. The predicted octanol–water partition coefficient (Wildman–Crippen LogP) is 3.15. The molecule has 3 rings (SSSR count). The highest BCUT2D eigenvalue weighted by molar-refractivity contribution is 7.14. The molecule has 23 heavy (non-hydrogen) atoms. The Morgan fingerprint density at radius 2 is 1.78 bits per heavy atom. The van der Waals surface area contributed by atoms with Gasteiger partial charge in [0.15, 0.2) is 0 Å². The third kappa shape index (κ3) is 4.34. The topological polar surface area (TPSA) is 49.4 Å². The van der Waals surface area contributed by atoms with Crippen LogP contribution in [0.15, 0.2) is 6.07 Å². The van der Waals surface area contributed by atoms with E-state index in [4.69, 9.17) is 0 Å². The molecular formula is C18H26N2O2S. The molecule has 1 fully saturated rings. The summed E-state index contributed by atoms with van der Waals surface area (Å²) in [6.45, 7) is 2.20. The minimum atomic E-state index is -0.0176. The van der Waals surface area contributed by atoms with Crippen LogP contribution in [0.3, 0.4) is 0 Å². The van der Waals surface area contributed by atoms with E-state index >= 15 is 0 Å². The van der Waals surface area contributed by atoms with E-state index in [0.717, 1.165) is 43.6 Å². The maximum absolute atomic E-state index is 12.3. The van der Waals surface area contributed by atoms with Gasteiger partial charge >= 0.3 is 0 Å². The van der Waals surface area contributed by atoms with Crippen molar-refractivity contribution in [1.29, 1.82) is 0 Å². The zero-order chi connectivity index (χ0) is 16.1. The van der Waals surface area contributed by atoms with Crippen LogP contribution in [-0.4, -0.2) is 36.3 Å². The fourth-order valence-corrected chi connectivity index (χ4v) is 4.62. The molecule has 4 nitrogen and oxygen atoms in total. The summed E-state index contributed by atoms with van der Waals surface area (Å²) in [5.74, 6) is 0.150. The van der Waals surface area contributed by atoms with Gasteiger partial charge in [-0.05, 0) is 50.2 Å². The molecule has 0 unspecified atom stereocenters. The van der Waals surface area contributed by atoms with Crippen molar-refractivity contribution >= 4 is 23.2 Å². The number of aryl methyl sites for hydroxylation is 2. The first-order valence-electron chi connectivity index (χ1n) is 8.91. The van der Waals surface area contributed by atoms with Crippen LogP contribution >= 0.6 is 11.3 Å². The van der Waals surface area contributed by atoms with Crippen LogP contribution in [0, 0.1) is 0 Å². The highest BCUT2D eigenvalue weighted by atomic mass is 32.1. The van der Waals surface area contributed by atoms with Crippen molar-refractivity contribution in [1.82, 2.24) is 10.2 Å². The number of carbonyl (C=O) groups excluding carboxylic acids is 2. The molecule has 2 aliphatic rings. The summed E-state index contributed by atoms with van der Waals surface area (Å²) in [5.41, 5.74) is 1.37. The molecule has 1 saturated heterocycles. The fourth-order valence-electron chi connectivity index (χ4n) is 3.45. The van der Waals surface area contributed by atoms with E-state index < -0.39 is 0 Å². The zero-order valence-electron chi connectivity index (χ0n) is 13.7. The van der Waals surface area contributed by atoms with Crippen molar-refractivity contribution in [3.05, 3.63) is 21.4 Å². The van der Waals surface area contributed by atoms with Gasteiger partial charge in [0, 0.05) is 30.9 Å². The van der Waals surface area contributed by atoms with Crippen molar-refractivity contribution in [3.63, 3.8) is 0 Å². The molecule has 0 radical (unpaired) electrons. The molecule has 1 aromatic rings. The van der Waals surface area contributed by atoms with E-state index in [1.54, 1.807) is 11.3 Å². The summed E-state index contributed by atoms with van der Waals surface area (Å²) in [7, 11) is 0. The Kier molecular flexibility index (Phi) is 5.70. The number of carbonyl (C=O) groups is 2. The highest BCUT2D eigenvalue weighted by Gasteiger charge is 2.19. The molecule has 2 amide bonds.